The molecule has 1 amide bonds. The highest BCUT2D eigenvalue weighted by molar-refractivity contribution is 7.99. The molecule has 0 saturated heterocycles. The van der Waals surface area contributed by atoms with E-state index in [0.29, 0.717) is 17.2 Å². The lowest BCUT2D eigenvalue weighted by Gasteiger charge is -2.22. The second kappa shape index (κ2) is 10.8. The first kappa shape index (κ1) is 23.5. The van der Waals surface area contributed by atoms with Crippen LogP contribution in [-0.2, 0) is 0 Å². The van der Waals surface area contributed by atoms with Gasteiger partial charge in [0.25, 0.3) is 5.91 Å². The monoisotopic (exact) mass is 451 g/mol. The number of halogens is 1. The molecule has 29 heavy (non-hydrogen) atoms. The summed E-state index contributed by atoms with van der Waals surface area (Å²) in [5, 5.41) is 0.712. The SMILES string of the molecule is CCSc1cccc(C(=O)N(CCN(C)C)c2nc3ccc(OC)cc3s2)c1.Cl. The Morgan fingerprint density at radius 3 is 2.66 bits per heavy atom. The molecular formula is C21H26ClN3O2S2. The van der Waals surface area contributed by atoms with E-state index in [1.165, 1.54) is 11.3 Å². The predicted molar refractivity (Wildman–Crippen MR) is 126 cm³/mol. The van der Waals surface area contributed by atoms with Crippen LogP contribution in [0.5, 0.6) is 5.75 Å². The minimum Gasteiger partial charge on any atom is -0.497 e. The molecule has 0 spiro atoms. The number of aromatic nitrogens is 1. The third-order valence-corrected chi connectivity index (χ3v) is 6.14. The van der Waals surface area contributed by atoms with Gasteiger partial charge in [-0.1, -0.05) is 24.3 Å². The van der Waals surface area contributed by atoms with Gasteiger partial charge in [-0.15, -0.1) is 24.2 Å². The number of amides is 1. The van der Waals surface area contributed by atoms with Crippen LogP contribution in [0.1, 0.15) is 17.3 Å². The summed E-state index contributed by atoms with van der Waals surface area (Å²) < 4.78 is 6.32. The number of fused-ring (bicyclic) bond motifs is 1. The number of carbonyl (C=O) groups is 1. The molecule has 0 N–H and O–H groups in total. The molecule has 2 aromatic carbocycles. The van der Waals surface area contributed by atoms with Gasteiger partial charge in [0, 0.05) is 23.5 Å². The molecule has 3 aromatic rings. The van der Waals surface area contributed by atoms with Gasteiger partial charge in [-0.25, -0.2) is 4.98 Å². The average Bonchev–Trinajstić information content (AvgIpc) is 3.11. The first-order chi connectivity index (χ1) is 13.5. The highest BCUT2D eigenvalue weighted by Gasteiger charge is 2.22. The summed E-state index contributed by atoms with van der Waals surface area (Å²) in [6.07, 6.45) is 0. The van der Waals surface area contributed by atoms with Crippen molar-refractivity contribution in [2.45, 2.75) is 11.8 Å². The summed E-state index contributed by atoms with van der Waals surface area (Å²) in [4.78, 5) is 23.0. The fourth-order valence-corrected chi connectivity index (χ4v) is 4.50. The fourth-order valence-electron chi connectivity index (χ4n) is 2.76. The molecule has 1 heterocycles. The number of likely N-dealkylation sites (N-methyl/N-ethyl adjacent to an activating group) is 1. The predicted octanol–water partition coefficient (Wildman–Crippen LogP) is 5.05. The minimum absolute atomic E-state index is 0. The summed E-state index contributed by atoms with van der Waals surface area (Å²) >= 11 is 3.25. The van der Waals surface area contributed by atoms with Gasteiger partial charge in [0.15, 0.2) is 5.13 Å². The molecule has 0 atom stereocenters. The second-order valence-electron chi connectivity index (χ2n) is 6.55. The van der Waals surface area contributed by atoms with Crippen molar-refractivity contribution in [1.82, 2.24) is 9.88 Å². The zero-order valence-electron chi connectivity index (χ0n) is 17.0. The van der Waals surface area contributed by atoms with Crippen LogP contribution in [-0.4, -0.2) is 55.8 Å². The normalized spacial score (nSPS) is 10.8. The number of thioether (sulfide) groups is 1. The van der Waals surface area contributed by atoms with Gasteiger partial charge in [0.1, 0.15) is 5.75 Å². The van der Waals surface area contributed by atoms with Crippen LogP contribution in [0.2, 0.25) is 0 Å². The quantitative estimate of drug-likeness (QED) is 0.448. The molecule has 0 aliphatic carbocycles. The first-order valence-corrected chi connectivity index (χ1v) is 11.0. The Labute approximate surface area is 186 Å². The lowest BCUT2D eigenvalue weighted by Crippen LogP contribution is -2.36. The summed E-state index contributed by atoms with van der Waals surface area (Å²) in [6.45, 7) is 3.44. The minimum atomic E-state index is -0.0218. The van der Waals surface area contributed by atoms with Crippen LogP contribution in [0.3, 0.4) is 0 Å². The zero-order chi connectivity index (χ0) is 20.1. The Kier molecular flexibility index (Phi) is 8.77. The van der Waals surface area contributed by atoms with Crippen molar-refractivity contribution < 1.29 is 9.53 Å². The number of benzene rings is 2. The third kappa shape index (κ3) is 5.85. The number of anilines is 1. The lowest BCUT2D eigenvalue weighted by atomic mass is 10.2. The Balaban J connectivity index is 0.00000300. The lowest BCUT2D eigenvalue weighted by molar-refractivity contribution is 0.0985. The molecule has 0 aliphatic rings. The van der Waals surface area contributed by atoms with Crippen molar-refractivity contribution in [3.8, 4) is 5.75 Å². The summed E-state index contributed by atoms with van der Waals surface area (Å²) in [5.74, 6) is 1.74. The van der Waals surface area contributed by atoms with E-state index in [2.05, 4.69) is 11.8 Å². The van der Waals surface area contributed by atoms with Crippen molar-refractivity contribution in [2.75, 3.05) is 44.9 Å². The van der Waals surface area contributed by atoms with E-state index in [0.717, 1.165) is 33.2 Å². The van der Waals surface area contributed by atoms with Gasteiger partial charge in [0.05, 0.1) is 17.3 Å². The molecular weight excluding hydrogens is 426 g/mol. The molecule has 0 radical (unpaired) electrons. The smallest absolute Gasteiger partial charge is 0.260 e. The molecule has 0 unspecified atom stereocenters. The van der Waals surface area contributed by atoms with E-state index in [-0.39, 0.29) is 18.3 Å². The molecule has 1 aromatic heterocycles. The van der Waals surface area contributed by atoms with Crippen LogP contribution in [0.15, 0.2) is 47.4 Å². The Bertz CT molecular complexity index is 962. The molecule has 0 fully saturated rings. The molecule has 0 saturated carbocycles. The van der Waals surface area contributed by atoms with Gasteiger partial charge in [0.2, 0.25) is 0 Å². The van der Waals surface area contributed by atoms with E-state index in [9.17, 15) is 4.79 Å². The van der Waals surface area contributed by atoms with Gasteiger partial charge in [-0.05, 0) is 56.2 Å². The number of carbonyl (C=O) groups excluding carboxylic acids is 1. The van der Waals surface area contributed by atoms with E-state index in [1.54, 1.807) is 23.8 Å². The third-order valence-electron chi connectivity index (χ3n) is 4.22. The van der Waals surface area contributed by atoms with Crippen LogP contribution in [0.25, 0.3) is 10.2 Å². The van der Waals surface area contributed by atoms with Gasteiger partial charge in [-0.3, -0.25) is 9.69 Å². The number of rotatable bonds is 8. The Morgan fingerprint density at radius 2 is 1.97 bits per heavy atom. The van der Waals surface area contributed by atoms with Gasteiger partial charge in [-0.2, -0.15) is 0 Å². The average molecular weight is 452 g/mol. The first-order valence-electron chi connectivity index (χ1n) is 9.16. The van der Waals surface area contributed by atoms with Crippen molar-refractivity contribution in [3.63, 3.8) is 0 Å². The van der Waals surface area contributed by atoms with Crippen molar-refractivity contribution in [3.05, 3.63) is 48.0 Å². The number of hydrogen-bond donors (Lipinski definition) is 0. The number of hydrogen-bond acceptors (Lipinski definition) is 6. The maximum absolute atomic E-state index is 13.4. The second-order valence-corrected chi connectivity index (χ2v) is 8.90. The van der Waals surface area contributed by atoms with E-state index in [4.69, 9.17) is 9.72 Å². The van der Waals surface area contributed by atoms with Crippen molar-refractivity contribution in [2.24, 2.45) is 0 Å². The van der Waals surface area contributed by atoms with Crippen LogP contribution in [0.4, 0.5) is 5.13 Å². The highest BCUT2D eigenvalue weighted by atomic mass is 35.5. The summed E-state index contributed by atoms with van der Waals surface area (Å²) in [6, 6.07) is 13.6. The van der Waals surface area contributed by atoms with E-state index < -0.39 is 0 Å². The number of methoxy groups -OCH3 is 1. The molecule has 5 nitrogen and oxygen atoms in total. The Hall–Kier alpha value is -1.80. The van der Waals surface area contributed by atoms with E-state index >= 15 is 0 Å². The summed E-state index contributed by atoms with van der Waals surface area (Å²) in [7, 11) is 5.66. The number of thiazole rings is 1. The molecule has 0 aliphatic heterocycles. The highest BCUT2D eigenvalue weighted by Crippen LogP contribution is 2.32. The number of ether oxygens (including phenoxy) is 1. The number of nitrogens with zero attached hydrogens (tertiary/aromatic N) is 3. The zero-order valence-corrected chi connectivity index (χ0v) is 19.5. The fraction of sp³-hybridized carbons (Fsp3) is 0.333. The van der Waals surface area contributed by atoms with Crippen molar-refractivity contribution in [1.29, 1.82) is 0 Å². The molecule has 156 valence electrons. The maximum Gasteiger partial charge on any atom is 0.260 e. The van der Waals surface area contributed by atoms with Crippen LogP contribution >= 0.6 is 35.5 Å². The van der Waals surface area contributed by atoms with Crippen LogP contribution in [0, 0.1) is 0 Å². The molecule has 0 bridgehead atoms. The molecule has 8 heteroatoms. The van der Waals surface area contributed by atoms with E-state index in [1.807, 2.05) is 56.6 Å². The van der Waals surface area contributed by atoms with Gasteiger partial charge < -0.3 is 9.64 Å². The maximum atomic E-state index is 13.4. The van der Waals surface area contributed by atoms with Crippen molar-refractivity contribution >= 4 is 56.8 Å². The Morgan fingerprint density at radius 1 is 1.17 bits per heavy atom. The van der Waals surface area contributed by atoms with Crippen LogP contribution < -0.4 is 9.64 Å². The largest absolute Gasteiger partial charge is 0.497 e. The standard InChI is InChI=1S/C21H25N3O2S2.ClH/c1-5-27-17-8-6-7-15(13-17)20(25)24(12-11-23(2)3)21-22-18-10-9-16(26-4)14-19(18)28-21;/h6-10,13-14H,5,11-12H2,1-4H3;1H. The topological polar surface area (TPSA) is 45.7 Å². The van der Waals surface area contributed by atoms with Gasteiger partial charge >= 0.3 is 0 Å². The summed E-state index contributed by atoms with van der Waals surface area (Å²) in [5.41, 5.74) is 1.56. The molecule has 3 rings (SSSR count).